The lowest BCUT2D eigenvalue weighted by atomic mass is 9.77. The quantitative estimate of drug-likeness (QED) is 0.299. The fourth-order valence-electron chi connectivity index (χ4n) is 5.27. The van der Waals surface area contributed by atoms with Gasteiger partial charge in [0.1, 0.15) is 12.3 Å². The molecule has 2 N–H and O–H groups in total. The first-order chi connectivity index (χ1) is 18.7. The normalized spacial score (nSPS) is 17.7. The van der Waals surface area contributed by atoms with Crippen molar-refractivity contribution in [3.8, 4) is 11.1 Å². The van der Waals surface area contributed by atoms with Crippen LogP contribution in [-0.4, -0.2) is 47.5 Å². The zero-order chi connectivity index (χ0) is 27.2. The van der Waals surface area contributed by atoms with E-state index in [0.717, 1.165) is 22.1 Å². The van der Waals surface area contributed by atoms with E-state index < -0.39 is 24.4 Å². The van der Waals surface area contributed by atoms with Gasteiger partial charge in [-0.15, -0.1) is 0 Å². The van der Waals surface area contributed by atoms with Gasteiger partial charge in [0.25, 0.3) is 0 Å². The lowest BCUT2D eigenvalue weighted by Crippen LogP contribution is -2.41. The van der Waals surface area contributed by atoms with E-state index in [1.807, 2.05) is 76.4 Å². The Bertz CT molecular complexity index is 1510. The second-order valence-electron chi connectivity index (χ2n) is 11.2. The number of H-pyrrole nitrogens is 1. The van der Waals surface area contributed by atoms with Gasteiger partial charge >= 0.3 is 13.2 Å². The minimum Gasteiger partial charge on any atom is -0.449 e. The minimum absolute atomic E-state index is 0.000381. The molecule has 1 aliphatic carbocycles. The van der Waals surface area contributed by atoms with E-state index in [9.17, 15) is 4.79 Å². The van der Waals surface area contributed by atoms with Crippen LogP contribution in [0.25, 0.3) is 28.2 Å². The third kappa shape index (κ3) is 4.75. The van der Waals surface area contributed by atoms with Crippen molar-refractivity contribution >= 4 is 30.3 Å². The molecule has 3 heterocycles. The highest BCUT2D eigenvalue weighted by Gasteiger charge is 2.52. The second-order valence-corrected chi connectivity index (χ2v) is 11.2. The molecule has 2 aliphatic rings. The largest absolute Gasteiger partial charge is 0.492 e. The zero-order valence-electron chi connectivity index (χ0n) is 22.7. The predicted molar refractivity (Wildman–Crippen MR) is 153 cm³/mol. The summed E-state index contributed by atoms with van der Waals surface area (Å²) in [4.78, 5) is 20.5. The number of hydrogen-bond acceptors (Lipinski definition) is 5. The van der Waals surface area contributed by atoms with Crippen molar-refractivity contribution in [1.29, 1.82) is 0 Å². The molecule has 1 saturated heterocycles. The molecule has 0 spiro atoms. The van der Waals surface area contributed by atoms with E-state index in [2.05, 4.69) is 39.6 Å². The maximum absolute atomic E-state index is 12.9. The molecule has 8 heteroatoms. The first kappa shape index (κ1) is 25.4. The van der Waals surface area contributed by atoms with Crippen LogP contribution in [0.3, 0.4) is 0 Å². The number of alkyl carbamates (subject to hydrolysis) is 1. The number of amides is 1. The topological polar surface area (TPSA) is 85.5 Å². The van der Waals surface area contributed by atoms with Gasteiger partial charge < -0.3 is 24.3 Å². The molecule has 2 aromatic heterocycles. The Kier molecular flexibility index (Phi) is 6.32. The van der Waals surface area contributed by atoms with Gasteiger partial charge in [0.05, 0.1) is 11.2 Å². The summed E-state index contributed by atoms with van der Waals surface area (Å²) in [5.41, 5.74) is 6.21. The molecule has 0 bridgehead atoms. The number of carbonyl (C=O) groups is 1. The molecule has 7 nitrogen and oxygen atoms in total. The number of aromatic nitrogens is 2. The number of nitrogens with one attached hydrogen (secondary N) is 2. The number of fused-ring (bicyclic) bond motifs is 4. The van der Waals surface area contributed by atoms with Crippen molar-refractivity contribution < 1.29 is 18.8 Å². The standard InChI is InChI=1S/C31H32BN3O4/c1-30(2)31(3,4)39-32(38-30)22(16-20-15-21-13-14-33-28(21)34-17-20)18-35-29(36)37-19-27-25-11-7-5-9-23(25)24-10-6-8-12-26(24)27/h5-17,27H,18-19H2,1-4H3,(H,33,34)(H,35,36). The Morgan fingerprint density at radius 1 is 1.03 bits per heavy atom. The van der Waals surface area contributed by atoms with E-state index in [-0.39, 0.29) is 19.1 Å². The number of nitrogens with zero attached hydrogens (tertiary/aromatic N) is 1. The summed E-state index contributed by atoms with van der Waals surface area (Å²) in [7, 11) is -0.620. The molecule has 0 saturated carbocycles. The number of aromatic amines is 1. The molecular formula is C31H32BN3O4. The fourth-order valence-corrected chi connectivity index (χ4v) is 5.27. The van der Waals surface area contributed by atoms with Crippen LogP contribution in [-0.2, 0) is 14.0 Å². The zero-order valence-corrected chi connectivity index (χ0v) is 22.7. The van der Waals surface area contributed by atoms with Crippen molar-refractivity contribution in [1.82, 2.24) is 15.3 Å². The summed E-state index contributed by atoms with van der Waals surface area (Å²) < 4.78 is 18.4. The predicted octanol–water partition coefficient (Wildman–Crippen LogP) is 6.12. The highest BCUT2D eigenvalue weighted by Crippen LogP contribution is 2.44. The van der Waals surface area contributed by atoms with Gasteiger partial charge in [-0.25, -0.2) is 9.78 Å². The third-order valence-electron chi connectivity index (χ3n) is 8.11. The lowest BCUT2D eigenvalue weighted by molar-refractivity contribution is 0.00578. The average molecular weight is 521 g/mol. The summed E-state index contributed by atoms with van der Waals surface area (Å²) in [6.45, 7) is 8.50. The minimum atomic E-state index is -0.620. The number of ether oxygens (including phenoxy) is 1. The number of pyridine rings is 1. The van der Waals surface area contributed by atoms with Gasteiger partial charge in [-0.3, -0.25) is 0 Å². The average Bonchev–Trinajstić information content (AvgIpc) is 3.57. The van der Waals surface area contributed by atoms with E-state index in [0.29, 0.717) is 0 Å². The molecule has 4 aromatic rings. The van der Waals surface area contributed by atoms with Crippen molar-refractivity contribution in [3.63, 3.8) is 0 Å². The van der Waals surface area contributed by atoms with Crippen LogP contribution in [0.1, 0.15) is 50.3 Å². The van der Waals surface area contributed by atoms with Gasteiger partial charge in [0.2, 0.25) is 0 Å². The fraction of sp³-hybridized carbons (Fsp3) is 0.290. The maximum atomic E-state index is 12.9. The number of hydrogen-bond donors (Lipinski definition) is 2. The molecule has 0 radical (unpaired) electrons. The van der Waals surface area contributed by atoms with Crippen LogP contribution in [0, 0.1) is 0 Å². The van der Waals surface area contributed by atoms with Gasteiger partial charge in [0, 0.05) is 30.2 Å². The third-order valence-corrected chi connectivity index (χ3v) is 8.11. The summed E-state index contributed by atoms with van der Waals surface area (Å²) >= 11 is 0. The van der Waals surface area contributed by atoms with Crippen LogP contribution < -0.4 is 5.32 Å². The molecule has 6 rings (SSSR count). The molecule has 39 heavy (non-hydrogen) atoms. The molecular weight excluding hydrogens is 489 g/mol. The van der Waals surface area contributed by atoms with Gasteiger partial charge in [-0.05, 0) is 73.1 Å². The van der Waals surface area contributed by atoms with Crippen molar-refractivity contribution in [3.05, 3.63) is 95.2 Å². The Hall–Kier alpha value is -3.88. The molecule has 2 aromatic carbocycles. The Morgan fingerprint density at radius 3 is 2.33 bits per heavy atom. The Balaban J connectivity index is 1.18. The first-order valence-electron chi connectivity index (χ1n) is 13.3. The molecule has 1 aliphatic heterocycles. The highest BCUT2D eigenvalue weighted by atomic mass is 16.7. The molecule has 1 amide bonds. The summed E-state index contributed by atoms with van der Waals surface area (Å²) in [6.07, 6.45) is 5.13. The van der Waals surface area contributed by atoms with Crippen LogP contribution in [0.2, 0.25) is 0 Å². The summed E-state index contributed by atoms with van der Waals surface area (Å²) in [6, 6.07) is 20.6. The van der Waals surface area contributed by atoms with Crippen LogP contribution in [0.5, 0.6) is 0 Å². The Labute approximate surface area is 228 Å². The monoisotopic (exact) mass is 521 g/mol. The highest BCUT2D eigenvalue weighted by molar-refractivity contribution is 6.56. The van der Waals surface area contributed by atoms with E-state index in [4.69, 9.17) is 14.0 Å². The van der Waals surface area contributed by atoms with Crippen molar-refractivity contribution in [2.75, 3.05) is 13.2 Å². The number of rotatable bonds is 6. The smallest absolute Gasteiger partial charge is 0.449 e. The number of benzene rings is 2. The molecule has 0 atom stereocenters. The van der Waals surface area contributed by atoms with E-state index >= 15 is 0 Å². The Morgan fingerprint density at radius 2 is 1.67 bits per heavy atom. The van der Waals surface area contributed by atoms with E-state index in [1.54, 1.807) is 6.20 Å². The van der Waals surface area contributed by atoms with Crippen LogP contribution in [0.4, 0.5) is 4.79 Å². The van der Waals surface area contributed by atoms with Crippen molar-refractivity contribution in [2.24, 2.45) is 0 Å². The maximum Gasteiger partial charge on any atom is 0.492 e. The SMILES string of the molecule is CC1(C)OB(C(=Cc2cnc3[nH]ccc3c2)CNC(=O)OCC2c3ccccc3-c3ccccc32)OC1(C)C. The van der Waals surface area contributed by atoms with Crippen LogP contribution in [0.15, 0.2) is 78.5 Å². The summed E-state index contributed by atoms with van der Waals surface area (Å²) in [5.74, 6) is 0.000381. The molecule has 0 unspecified atom stereocenters. The van der Waals surface area contributed by atoms with Crippen molar-refractivity contribution in [2.45, 2.75) is 44.8 Å². The second kappa shape index (κ2) is 9.70. The number of carbonyl (C=O) groups excluding carboxylic acids is 1. The molecule has 1 fully saturated rings. The van der Waals surface area contributed by atoms with Gasteiger partial charge in [-0.2, -0.15) is 0 Å². The van der Waals surface area contributed by atoms with Gasteiger partial charge in [0.15, 0.2) is 0 Å². The van der Waals surface area contributed by atoms with Crippen LogP contribution >= 0.6 is 0 Å². The lowest BCUT2D eigenvalue weighted by Gasteiger charge is -2.32. The van der Waals surface area contributed by atoms with Gasteiger partial charge in [-0.1, -0.05) is 54.6 Å². The van der Waals surface area contributed by atoms with E-state index in [1.165, 1.54) is 22.3 Å². The first-order valence-corrected chi connectivity index (χ1v) is 13.3. The molecule has 198 valence electrons. The summed E-state index contributed by atoms with van der Waals surface area (Å²) in [5, 5.41) is 3.92.